The predicted octanol–water partition coefficient (Wildman–Crippen LogP) is 3.27. The van der Waals surface area contributed by atoms with Gasteiger partial charge in [-0.25, -0.2) is 15.0 Å². The summed E-state index contributed by atoms with van der Waals surface area (Å²) in [5.74, 6) is 5.62. The van der Waals surface area contributed by atoms with E-state index in [1.54, 1.807) is 12.5 Å². The molecule has 0 bridgehead atoms. The standard InChI is InChI=1S/C24H32N6OS/c1-16(2)29-12-13-30(17(3)15-29)21-14-20(24(8-9-24)32(4,5)31)27-23(28-21)19-7-11-26-22-18(19)6-10-25-22/h6-7,10-11,14,16-17H,4,8-9,12-13,15H2,1-3,5H3,(H,25,26)/t17-,32?/m1/s1. The van der Waals surface area contributed by atoms with Crippen LogP contribution in [-0.2, 0) is 14.3 Å². The fourth-order valence-electron chi connectivity index (χ4n) is 4.91. The molecule has 1 saturated heterocycles. The topological polar surface area (TPSA) is 78.0 Å². The lowest BCUT2D eigenvalue weighted by Crippen LogP contribution is -2.54. The van der Waals surface area contributed by atoms with Gasteiger partial charge >= 0.3 is 0 Å². The Bertz CT molecular complexity index is 1260. The number of H-pyrrole nitrogens is 1. The van der Waals surface area contributed by atoms with Crippen molar-refractivity contribution < 1.29 is 4.21 Å². The molecule has 5 rings (SSSR count). The Morgan fingerprint density at radius 1 is 1.25 bits per heavy atom. The zero-order valence-electron chi connectivity index (χ0n) is 19.3. The summed E-state index contributed by atoms with van der Waals surface area (Å²) in [4.78, 5) is 22.5. The van der Waals surface area contributed by atoms with Crippen LogP contribution in [0.15, 0.2) is 30.6 Å². The van der Waals surface area contributed by atoms with Crippen LogP contribution in [0.2, 0.25) is 0 Å². The van der Waals surface area contributed by atoms with Crippen molar-refractivity contribution in [2.24, 2.45) is 0 Å². The summed E-state index contributed by atoms with van der Waals surface area (Å²) in [5, 5.41) is 0.991. The van der Waals surface area contributed by atoms with Crippen LogP contribution in [0, 0.1) is 0 Å². The molecule has 2 aliphatic rings. The number of pyridine rings is 1. The van der Waals surface area contributed by atoms with Crippen LogP contribution in [0.3, 0.4) is 0 Å². The fraction of sp³-hybridized carbons (Fsp3) is 0.500. The first kappa shape index (κ1) is 21.4. The number of hydrogen-bond acceptors (Lipinski definition) is 6. The van der Waals surface area contributed by atoms with Gasteiger partial charge in [-0.2, -0.15) is 0 Å². The SMILES string of the molecule is C=S(C)(=O)C1(c2cc(N3CCN(C(C)C)C[C@H]3C)nc(-c3ccnc4[nH]ccc34)n2)CC1. The third-order valence-corrected chi connectivity index (χ3v) is 9.37. The minimum atomic E-state index is -2.29. The van der Waals surface area contributed by atoms with Gasteiger partial charge in [0.25, 0.3) is 0 Å². The number of aromatic nitrogens is 4. The van der Waals surface area contributed by atoms with Crippen molar-refractivity contribution in [1.82, 2.24) is 24.8 Å². The molecule has 4 heterocycles. The van der Waals surface area contributed by atoms with Gasteiger partial charge in [-0.05, 0) is 61.1 Å². The average molecular weight is 453 g/mol. The molecule has 1 N–H and O–H groups in total. The first-order valence-corrected chi connectivity index (χ1v) is 13.5. The summed E-state index contributed by atoms with van der Waals surface area (Å²) in [6, 6.07) is 6.90. The number of hydrogen-bond donors (Lipinski definition) is 1. The number of nitrogens with one attached hydrogen (secondary N) is 1. The molecule has 1 aliphatic carbocycles. The van der Waals surface area contributed by atoms with Crippen molar-refractivity contribution in [3.05, 3.63) is 36.3 Å². The highest BCUT2D eigenvalue weighted by Gasteiger charge is 2.51. The second-order valence-corrected chi connectivity index (χ2v) is 12.5. The third kappa shape index (κ3) is 3.49. The van der Waals surface area contributed by atoms with Crippen molar-refractivity contribution in [3.8, 4) is 11.4 Å². The Morgan fingerprint density at radius 2 is 2.03 bits per heavy atom. The molecular weight excluding hydrogens is 420 g/mol. The van der Waals surface area contributed by atoms with Crippen molar-refractivity contribution in [3.63, 3.8) is 0 Å². The molecule has 32 heavy (non-hydrogen) atoms. The Labute approximate surface area is 190 Å². The number of nitrogens with zero attached hydrogens (tertiary/aromatic N) is 5. The molecule has 2 fully saturated rings. The van der Waals surface area contributed by atoms with Crippen molar-refractivity contribution in [1.29, 1.82) is 0 Å². The molecule has 0 radical (unpaired) electrons. The number of piperazine rings is 1. The third-order valence-electron chi connectivity index (χ3n) is 7.09. The van der Waals surface area contributed by atoms with Gasteiger partial charge in [0.2, 0.25) is 0 Å². The number of aromatic amines is 1. The lowest BCUT2D eigenvalue weighted by Gasteiger charge is -2.42. The van der Waals surface area contributed by atoms with E-state index in [0.717, 1.165) is 60.6 Å². The molecule has 0 aromatic carbocycles. The van der Waals surface area contributed by atoms with Crippen molar-refractivity contribution in [2.45, 2.75) is 50.4 Å². The van der Waals surface area contributed by atoms with Crippen LogP contribution >= 0.6 is 0 Å². The van der Waals surface area contributed by atoms with Gasteiger partial charge in [-0.15, -0.1) is 0 Å². The second-order valence-electron chi connectivity index (χ2n) is 9.66. The minimum absolute atomic E-state index is 0.326. The summed E-state index contributed by atoms with van der Waals surface area (Å²) >= 11 is 0. The Hall–Kier alpha value is -2.45. The largest absolute Gasteiger partial charge is 0.351 e. The smallest absolute Gasteiger partial charge is 0.162 e. The Kier molecular flexibility index (Phi) is 5.05. The summed E-state index contributed by atoms with van der Waals surface area (Å²) < 4.78 is 12.7. The molecule has 8 heteroatoms. The maximum absolute atomic E-state index is 13.2. The molecule has 1 unspecified atom stereocenters. The summed E-state index contributed by atoms with van der Waals surface area (Å²) in [7, 11) is -2.29. The molecule has 7 nitrogen and oxygen atoms in total. The number of fused-ring (bicyclic) bond motifs is 1. The van der Waals surface area contributed by atoms with E-state index in [1.807, 2.05) is 18.3 Å². The van der Waals surface area contributed by atoms with E-state index in [-0.39, 0.29) is 0 Å². The highest BCUT2D eigenvalue weighted by molar-refractivity contribution is 8.00. The van der Waals surface area contributed by atoms with E-state index >= 15 is 0 Å². The van der Waals surface area contributed by atoms with Gasteiger partial charge in [0, 0.05) is 67.4 Å². The highest BCUT2D eigenvalue weighted by Crippen LogP contribution is 2.52. The van der Waals surface area contributed by atoms with E-state index in [0.29, 0.717) is 17.9 Å². The predicted molar refractivity (Wildman–Crippen MR) is 133 cm³/mol. The van der Waals surface area contributed by atoms with Crippen LogP contribution in [-0.4, -0.2) is 72.9 Å². The number of rotatable bonds is 5. The van der Waals surface area contributed by atoms with E-state index in [4.69, 9.17) is 9.97 Å². The van der Waals surface area contributed by atoms with Crippen molar-refractivity contribution >= 4 is 32.2 Å². The van der Waals surface area contributed by atoms with Crippen LogP contribution in [0.1, 0.15) is 39.3 Å². The lowest BCUT2D eigenvalue weighted by molar-refractivity contribution is 0.185. The van der Waals surface area contributed by atoms with Crippen LogP contribution in [0.25, 0.3) is 22.4 Å². The van der Waals surface area contributed by atoms with Crippen LogP contribution < -0.4 is 4.90 Å². The summed E-state index contributed by atoms with van der Waals surface area (Å²) in [5.41, 5.74) is 2.61. The van der Waals surface area contributed by atoms with Crippen molar-refractivity contribution in [2.75, 3.05) is 30.8 Å². The first-order valence-electron chi connectivity index (χ1n) is 11.3. The highest BCUT2D eigenvalue weighted by atomic mass is 32.2. The lowest BCUT2D eigenvalue weighted by atomic mass is 10.1. The summed E-state index contributed by atoms with van der Waals surface area (Å²) in [6.45, 7) is 9.65. The molecule has 1 saturated carbocycles. The second kappa shape index (κ2) is 7.56. The molecule has 2 atom stereocenters. The molecule has 170 valence electrons. The molecule has 3 aromatic rings. The monoisotopic (exact) mass is 452 g/mol. The Morgan fingerprint density at radius 3 is 2.69 bits per heavy atom. The fourth-order valence-corrected chi connectivity index (χ4v) is 6.42. The van der Waals surface area contributed by atoms with Gasteiger partial charge in [0.15, 0.2) is 5.82 Å². The average Bonchev–Trinajstić information content (AvgIpc) is 3.44. The van der Waals surface area contributed by atoms with Crippen LogP contribution in [0.5, 0.6) is 0 Å². The first-order chi connectivity index (χ1) is 15.2. The normalized spacial score (nSPS) is 22.9. The zero-order chi connectivity index (χ0) is 22.7. The van der Waals surface area contributed by atoms with Gasteiger partial charge in [-0.3, -0.25) is 9.11 Å². The summed E-state index contributed by atoms with van der Waals surface area (Å²) in [6.07, 6.45) is 7.15. The van der Waals surface area contributed by atoms with Crippen LogP contribution in [0.4, 0.5) is 5.82 Å². The molecule has 3 aromatic heterocycles. The Balaban J connectivity index is 1.64. The van der Waals surface area contributed by atoms with E-state index in [2.05, 4.69) is 52.5 Å². The zero-order valence-corrected chi connectivity index (χ0v) is 20.2. The molecule has 0 amide bonds. The van der Waals surface area contributed by atoms with Gasteiger partial charge in [-0.1, -0.05) is 0 Å². The van der Waals surface area contributed by atoms with E-state index in [9.17, 15) is 4.21 Å². The maximum Gasteiger partial charge on any atom is 0.162 e. The van der Waals surface area contributed by atoms with Gasteiger partial charge < -0.3 is 9.88 Å². The van der Waals surface area contributed by atoms with Gasteiger partial charge in [0.05, 0.1) is 10.4 Å². The molecule has 0 spiro atoms. The molecule has 1 aliphatic heterocycles. The minimum Gasteiger partial charge on any atom is -0.351 e. The van der Waals surface area contributed by atoms with E-state index < -0.39 is 14.3 Å². The molecular formula is C24H32N6OS. The van der Waals surface area contributed by atoms with Gasteiger partial charge in [0.1, 0.15) is 11.5 Å². The quantitative estimate of drug-likeness (QED) is 0.599. The number of anilines is 1. The van der Waals surface area contributed by atoms with E-state index in [1.165, 1.54) is 0 Å². The maximum atomic E-state index is 13.2.